The minimum atomic E-state index is -0.740. The summed E-state index contributed by atoms with van der Waals surface area (Å²) in [5.41, 5.74) is 7.51. The molecule has 1 aromatic carbocycles. The van der Waals surface area contributed by atoms with Crippen LogP contribution in [0.3, 0.4) is 0 Å². The minimum absolute atomic E-state index is 0.276. The Kier molecular flexibility index (Phi) is 3.30. The van der Waals surface area contributed by atoms with Gasteiger partial charge in [0.05, 0.1) is 11.3 Å². The Morgan fingerprint density at radius 2 is 2.20 bits per heavy atom. The molecular weight excluding hydrogens is 276 g/mol. The molecule has 0 spiro atoms. The van der Waals surface area contributed by atoms with Gasteiger partial charge in [-0.1, -0.05) is 29.8 Å². The molecule has 20 heavy (non-hydrogen) atoms. The second kappa shape index (κ2) is 4.86. The molecule has 3 atom stereocenters. The largest absolute Gasteiger partial charge is 0.455 e. The van der Waals surface area contributed by atoms with Crippen molar-refractivity contribution < 1.29 is 9.53 Å². The standard InChI is InChI=1S/C15H17ClN2O2/c1-9-14(19)20-12-7-4-8-15(17,13(12)18-9)10-5-2-3-6-11(10)16/h2-3,5-6,9,12H,4,7-8,17H2,1H3/t9-,12-,15-/m1/s1. The Balaban J connectivity index is 2.10. The van der Waals surface area contributed by atoms with Gasteiger partial charge in [0.2, 0.25) is 0 Å². The first-order chi connectivity index (χ1) is 9.52. The molecule has 1 aliphatic carbocycles. The summed E-state index contributed by atoms with van der Waals surface area (Å²) in [6.07, 6.45) is 2.11. The van der Waals surface area contributed by atoms with Gasteiger partial charge in [0.1, 0.15) is 12.1 Å². The lowest BCUT2D eigenvalue weighted by molar-refractivity contribution is -0.149. The highest BCUT2D eigenvalue weighted by Gasteiger charge is 2.46. The number of benzene rings is 1. The number of esters is 1. The molecule has 0 amide bonds. The summed E-state index contributed by atoms with van der Waals surface area (Å²) in [4.78, 5) is 16.2. The lowest BCUT2D eigenvalue weighted by Crippen LogP contribution is -2.56. The van der Waals surface area contributed by atoms with Gasteiger partial charge in [-0.05, 0) is 37.8 Å². The number of hydrogen-bond acceptors (Lipinski definition) is 4. The molecule has 106 valence electrons. The predicted molar refractivity (Wildman–Crippen MR) is 77.9 cm³/mol. The van der Waals surface area contributed by atoms with Crippen molar-refractivity contribution >= 4 is 23.3 Å². The second-order valence-corrected chi connectivity index (χ2v) is 5.87. The number of carbonyl (C=O) groups excluding carboxylic acids is 1. The first-order valence-corrected chi connectivity index (χ1v) is 7.23. The lowest BCUT2D eigenvalue weighted by Gasteiger charge is -2.42. The van der Waals surface area contributed by atoms with E-state index in [0.29, 0.717) is 5.02 Å². The summed E-state index contributed by atoms with van der Waals surface area (Å²) in [5, 5.41) is 0.628. The van der Waals surface area contributed by atoms with Gasteiger partial charge in [0.15, 0.2) is 0 Å². The Morgan fingerprint density at radius 3 is 2.95 bits per heavy atom. The molecule has 2 N–H and O–H groups in total. The van der Waals surface area contributed by atoms with Gasteiger partial charge in [0.25, 0.3) is 0 Å². The van der Waals surface area contributed by atoms with Crippen molar-refractivity contribution in [3.05, 3.63) is 34.9 Å². The van der Waals surface area contributed by atoms with E-state index in [1.807, 2.05) is 24.3 Å². The first kappa shape index (κ1) is 13.6. The minimum Gasteiger partial charge on any atom is -0.455 e. The topological polar surface area (TPSA) is 64.7 Å². The van der Waals surface area contributed by atoms with Crippen molar-refractivity contribution in [2.75, 3.05) is 0 Å². The van der Waals surface area contributed by atoms with Gasteiger partial charge in [-0.3, -0.25) is 4.99 Å². The summed E-state index contributed by atoms with van der Waals surface area (Å²) in [7, 11) is 0. The van der Waals surface area contributed by atoms with Crippen molar-refractivity contribution in [2.45, 2.75) is 43.9 Å². The summed E-state index contributed by atoms with van der Waals surface area (Å²) >= 11 is 6.30. The molecular formula is C15H17ClN2O2. The number of halogens is 1. The van der Waals surface area contributed by atoms with Crippen LogP contribution in [0.15, 0.2) is 29.3 Å². The molecule has 1 aliphatic heterocycles. The second-order valence-electron chi connectivity index (χ2n) is 5.46. The van der Waals surface area contributed by atoms with E-state index in [1.54, 1.807) is 6.92 Å². The number of ether oxygens (including phenoxy) is 1. The third-order valence-electron chi connectivity index (χ3n) is 4.09. The fourth-order valence-electron chi connectivity index (χ4n) is 3.03. The molecule has 0 unspecified atom stereocenters. The van der Waals surface area contributed by atoms with Gasteiger partial charge >= 0.3 is 5.97 Å². The number of aliphatic imine (C=N–C) groups is 1. The number of nitrogens with zero attached hydrogens (tertiary/aromatic N) is 1. The molecule has 1 heterocycles. The van der Waals surface area contributed by atoms with Gasteiger partial charge in [-0.2, -0.15) is 0 Å². The van der Waals surface area contributed by atoms with Crippen LogP contribution in [0, 0.1) is 0 Å². The average Bonchev–Trinajstić information content (AvgIpc) is 2.42. The molecule has 1 aromatic rings. The number of nitrogens with two attached hydrogens (primary N) is 1. The third-order valence-corrected chi connectivity index (χ3v) is 4.42. The number of carbonyl (C=O) groups is 1. The van der Waals surface area contributed by atoms with Crippen LogP contribution in [0.1, 0.15) is 31.7 Å². The van der Waals surface area contributed by atoms with Gasteiger partial charge < -0.3 is 10.5 Å². The van der Waals surface area contributed by atoms with Crippen molar-refractivity contribution in [1.29, 1.82) is 0 Å². The number of hydrogen-bond donors (Lipinski definition) is 1. The maximum atomic E-state index is 11.7. The zero-order valence-corrected chi connectivity index (χ0v) is 12.1. The van der Waals surface area contributed by atoms with Crippen LogP contribution in [-0.2, 0) is 15.1 Å². The van der Waals surface area contributed by atoms with Crippen molar-refractivity contribution in [2.24, 2.45) is 10.7 Å². The number of fused-ring (bicyclic) bond motifs is 1. The van der Waals surface area contributed by atoms with E-state index in [9.17, 15) is 4.79 Å². The van der Waals surface area contributed by atoms with Crippen LogP contribution < -0.4 is 5.73 Å². The molecule has 1 fully saturated rings. The smallest absolute Gasteiger partial charge is 0.331 e. The van der Waals surface area contributed by atoms with E-state index in [1.165, 1.54) is 0 Å². The zero-order valence-electron chi connectivity index (χ0n) is 11.3. The quantitative estimate of drug-likeness (QED) is 0.809. The van der Waals surface area contributed by atoms with E-state index in [0.717, 1.165) is 30.5 Å². The van der Waals surface area contributed by atoms with Crippen molar-refractivity contribution in [1.82, 2.24) is 0 Å². The molecule has 3 rings (SSSR count). The van der Waals surface area contributed by atoms with Crippen LogP contribution >= 0.6 is 11.6 Å². The van der Waals surface area contributed by atoms with E-state index in [2.05, 4.69) is 4.99 Å². The van der Waals surface area contributed by atoms with Crippen LogP contribution in [0.25, 0.3) is 0 Å². The summed E-state index contributed by atoms with van der Waals surface area (Å²) in [6.45, 7) is 1.73. The van der Waals surface area contributed by atoms with Gasteiger partial charge in [0, 0.05) is 5.02 Å². The molecule has 0 radical (unpaired) electrons. The van der Waals surface area contributed by atoms with E-state index in [4.69, 9.17) is 22.1 Å². The van der Waals surface area contributed by atoms with Crippen molar-refractivity contribution in [3.63, 3.8) is 0 Å². The molecule has 0 bridgehead atoms. The van der Waals surface area contributed by atoms with E-state index in [-0.39, 0.29) is 12.1 Å². The fourth-order valence-corrected chi connectivity index (χ4v) is 3.33. The van der Waals surface area contributed by atoms with Crippen LogP contribution in [-0.4, -0.2) is 23.8 Å². The molecule has 0 saturated heterocycles. The maximum absolute atomic E-state index is 11.7. The van der Waals surface area contributed by atoms with Crippen molar-refractivity contribution in [3.8, 4) is 0 Å². The normalized spacial score (nSPS) is 33.1. The van der Waals surface area contributed by atoms with Crippen LogP contribution in [0.5, 0.6) is 0 Å². The number of rotatable bonds is 1. The van der Waals surface area contributed by atoms with E-state index >= 15 is 0 Å². The van der Waals surface area contributed by atoms with E-state index < -0.39 is 11.6 Å². The summed E-state index contributed by atoms with van der Waals surface area (Å²) < 4.78 is 5.47. The monoisotopic (exact) mass is 292 g/mol. The maximum Gasteiger partial charge on any atom is 0.331 e. The molecule has 2 aliphatic rings. The fraction of sp³-hybridized carbons (Fsp3) is 0.467. The molecule has 0 aromatic heterocycles. The van der Waals surface area contributed by atoms with Crippen LogP contribution in [0.2, 0.25) is 5.02 Å². The molecule has 4 nitrogen and oxygen atoms in total. The van der Waals surface area contributed by atoms with Gasteiger partial charge in [-0.15, -0.1) is 0 Å². The van der Waals surface area contributed by atoms with Crippen LogP contribution in [0.4, 0.5) is 0 Å². The SMILES string of the molecule is C[C@H]1N=C2[C@@H](CCC[C@@]2(N)c2ccccc2Cl)OC1=O. The Hall–Kier alpha value is -1.39. The Morgan fingerprint density at radius 1 is 1.45 bits per heavy atom. The summed E-state index contributed by atoms with van der Waals surface area (Å²) in [6, 6.07) is 7.05. The first-order valence-electron chi connectivity index (χ1n) is 6.85. The Bertz CT molecular complexity index is 587. The molecule has 1 saturated carbocycles. The third kappa shape index (κ3) is 2.03. The predicted octanol–water partition coefficient (Wildman–Crippen LogP) is 2.43. The average molecular weight is 293 g/mol. The van der Waals surface area contributed by atoms with Gasteiger partial charge in [-0.25, -0.2) is 4.79 Å². The highest BCUT2D eigenvalue weighted by Crippen LogP contribution is 2.39. The molecule has 5 heteroatoms. The Labute approximate surface area is 123 Å². The highest BCUT2D eigenvalue weighted by molar-refractivity contribution is 6.32. The zero-order chi connectivity index (χ0) is 14.3. The highest BCUT2D eigenvalue weighted by atomic mass is 35.5. The lowest BCUT2D eigenvalue weighted by atomic mass is 9.73. The summed E-state index contributed by atoms with van der Waals surface area (Å²) in [5.74, 6) is -0.276.